The third kappa shape index (κ3) is 8.38. The molecule has 1 saturated carbocycles. The number of nitrogen functional groups attached to an aromatic ring is 1. The van der Waals surface area contributed by atoms with E-state index in [0.717, 1.165) is 57.4 Å². The average molecular weight is 528 g/mol. The van der Waals surface area contributed by atoms with Crippen LogP contribution in [-0.2, 0) is 11.0 Å². The third-order valence-corrected chi connectivity index (χ3v) is 6.83. The van der Waals surface area contributed by atoms with E-state index in [1.54, 1.807) is 6.07 Å². The Morgan fingerprint density at radius 1 is 1.09 bits per heavy atom. The lowest BCUT2D eigenvalue weighted by Crippen LogP contribution is -2.56. The lowest BCUT2D eigenvalue weighted by Gasteiger charge is -2.41. The van der Waals surface area contributed by atoms with Gasteiger partial charge in [-0.2, -0.15) is 13.2 Å². The van der Waals surface area contributed by atoms with Crippen LogP contribution in [0.15, 0.2) is 18.2 Å². The van der Waals surface area contributed by atoms with Crippen molar-refractivity contribution in [1.29, 1.82) is 0 Å². The molecule has 1 aliphatic carbocycles. The topological polar surface area (TPSA) is 61.6 Å². The molecule has 1 aromatic rings. The summed E-state index contributed by atoms with van der Waals surface area (Å²) in [4.78, 5) is 17.1. The number of amides is 1. The van der Waals surface area contributed by atoms with Crippen molar-refractivity contribution in [3.8, 4) is 0 Å². The first-order valence-electron chi connectivity index (χ1n) is 12.1. The van der Waals surface area contributed by atoms with E-state index in [1.165, 1.54) is 12.5 Å². The van der Waals surface area contributed by atoms with Crippen LogP contribution in [0, 0.1) is 5.92 Å². The van der Waals surface area contributed by atoms with Crippen LogP contribution in [-0.4, -0.2) is 43.2 Å². The zero-order valence-corrected chi connectivity index (χ0v) is 21.5. The number of nitrogens with one attached hydrogen (secondary N) is 1. The lowest BCUT2D eigenvalue weighted by atomic mass is 9.88. The maximum Gasteiger partial charge on any atom is 0.418 e. The van der Waals surface area contributed by atoms with Gasteiger partial charge in [-0.25, -0.2) is 0 Å². The zero-order chi connectivity index (χ0) is 23.1. The molecule has 0 bridgehead atoms. The van der Waals surface area contributed by atoms with Crippen LogP contribution < -0.4 is 16.0 Å². The fourth-order valence-corrected chi connectivity index (χ4v) is 4.86. The number of piperazine rings is 1. The van der Waals surface area contributed by atoms with Gasteiger partial charge in [0.25, 0.3) is 0 Å². The second-order valence-corrected chi connectivity index (χ2v) is 9.15. The fourth-order valence-electron chi connectivity index (χ4n) is 4.86. The molecule has 10 heteroatoms. The molecule has 1 amide bonds. The molecule has 2 fully saturated rings. The van der Waals surface area contributed by atoms with E-state index in [4.69, 9.17) is 5.73 Å². The number of carbonyl (C=O) groups excluding carboxylic acids is 1. The first kappa shape index (κ1) is 30.7. The highest BCUT2D eigenvalue weighted by atomic mass is 35.5. The average Bonchev–Trinajstić information content (AvgIpc) is 2.79. The number of unbranched alkanes of at least 4 members (excludes halogenated alkanes) is 2. The Hall–Kier alpha value is -1.38. The number of alkyl halides is 3. The van der Waals surface area contributed by atoms with Crippen LogP contribution in [0.25, 0.3) is 0 Å². The van der Waals surface area contributed by atoms with Gasteiger partial charge in [-0.15, -0.1) is 24.8 Å². The minimum absolute atomic E-state index is 0. The summed E-state index contributed by atoms with van der Waals surface area (Å²) in [5, 5.41) is 3.31. The van der Waals surface area contributed by atoms with Gasteiger partial charge in [-0.1, -0.05) is 45.4 Å². The molecule has 1 aliphatic heterocycles. The van der Waals surface area contributed by atoms with E-state index < -0.39 is 11.7 Å². The summed E-state index contributed by atoms with van der Waals surface area (Å²) < 4.78 is 39.7. The molecule has 2 aliphatic rings. The second kappa shape index (κ2) is 14.2. The number of nitrogens with two attached hydrogens (primary N) is 1. The van der Waals surface area contributed by atoms with Crippen molar-refractivity contribution in [3.05, 3.63) is 23.8 Å². The van der Waals surface area contributed by atoms with E-state index in [1.807, 2.05) is 4.90 Å². The van der Waals surface area contributed by atoms with Gasteiger partial charge in [0, 0.05) is 43.5 Å². The second-order valence-electron chi connectivity index (χ2n) is 9.15. The highest BCUT2D eigenvalue weighted by Gasteiger charge is 2.34. The maximum atomic E-state index is 13.2. The van der Waals surface area contributed by atoms with Gasteiger partial charge < -0.3 is 16.0 Å². The normalized spacial score (nSPS) is 18.5. The molecule has 1 aromatic carbocycles. The van der Waals surface area contributed by atoms with Crippen LogP contribution in [0.2, 0.25) is 0 Å². The van der Waals surface area contributed by atoms with Crippen molar-refractivity contribution in [2.75, 3.05) is 36.8 Å². The summed E-state index contributed by atoms with van der Waals surface area (Å²) >= 11 is 0. The van der Waals surface area contributed by atoms with Gasteiger partial charge in [0.2, 0.25) is 5.91 Å². The Balaban J connectivity index is 0.00000289. The Kier molecular flexibility index (Phi) is 12.8. The highest BCUT2D eigenvalue weighted by Crippen LogP contribution is 2.36. The molecule has 0 aromatic heterocycles. The minimum Gasteiger partial charge on any atom is -0.398 e. The molecule has 0 radical (unpaired) electrons. The highest BCUT2D eigenvalue weighted by molar-refractivity contribution is 5.85. The number of hydrogen-bond acceptors (Lipinski definition) is 4. The van der Waals surface area contributed by atoms with E-state index in [-0.39, 0.29) is 48.5 Å². The molecule has 0 spiro atoms. The van der Waals surface area contributed by atoms with Crippen LogP contribution in [0.1, 0.15) is 70.3 Å². The predicted molar refractivity (Wildman–Crippen MR) is 137 cm³/mol. The zero-order valence-electron chi connectivity index (χ0n) is 19.9. The van der Waals surface area contributed by atoms with Gasteiger partial charge in [-0.3, -0.25) is 9.69 Å². The molecule has 196 valence electrons. The van der Waals surface area contributed by atoms with Crippen molar-refractivity contribution < 1.29 is 18.0 Å². The third-order valence-electron chi connectivity index (χ3n) is 6.83. The van der Waals surface area contributed by atoms with E-state index in [9.17, 15) is 18.0 Å². The van der Waals surface area contributed by atoms with Crippen molar-refractivity contribution in [2.24, 2.45) is 5.92 Å². The van der Waals surface area contributed by atoms with Crippen LogP contribution >= 0.6 is 24.8 Å². The SMILES string of the molecule is CCCCCC(NC(=O)C1CCCCC1)N1CCN(c2ccc(N)c(C(F)(F)F)c2)CC1.Cl.Cl. The van der Waals surface area contributed by atoms with Crippen molar-refractivity contribution in [2.45, 2.75) is 77.1 Å². The predicted octanol–water partition coefficient (Wildman–Crippen LogP) is 5.86. The number of anilines is 2. The molecule has 1 saturated heterocycles. The molecule has 34 heavy (non-hydrogen) atoms. The van der Waals surface area contributed by atoms with Crippen molar-refractivity contribution in [1.82, 2.24) is 10.2 Å². The van der Waals surface area contributed by atoms with Crippen LogP contribution in [0.3, 0.4) is 0 Å². The molecule has 1 atom stereocenters. The Morgan fingerprint density at radius 2 is 1.74 bits per heavy atom. The molecule has 1 heterocycles. The van der Waals surface area contributed by atoms with E-state index >= 15 is 0 Å². The minimum atomic E-state index is -4.46. The number of rotatable bonds is 8. The van der Waals surface area contributed by atoms with Crippen LogP contribution in [0.5, 0.6) is 0 Å². The molecule has 3 rings (SSSR count). The first-order valence-corrected chi connectivity index (χ1v) is 12.1. The van der Waals surface area contributed by atoms with Crippen molar-refractivity contribution in [3.63, 3.8) is 0 Å². The fraction of sp³-hybridized carbons (Fsp3) is 0.708. The number of halogens is 5. The molecule has 1 unspecified atom stereocenters. The largest absolute Gasteiger partial charge is 0.418 e. The van der Waals surface area contributed by atoms with Crippen LogP contribution in [0.4, 0.5) is 24.5 Å². The lowest BCUT2D eigenvalue weighted by molar-refractivity contribution is -0.136. The monoisotopic (exact) mass is 526 g/mol. The van der Waals surface area contributed by atoms with Gasteiger partial charge >= 0.3 is 6.18 Å². The maximum absolute atomic E-state index is 13.2. The summed E-state index contributed by atoms with van der Waals surface area (Å²) in [6.07, 6.45) is 5.15. The van der Waals surface area contributed by atoms with Gasteiger partial charge in [0.05, 0.1) is 11.7 Å². The Morgan fingerprint density at radius 3 is 2.32 bits per heavy atom. The summed E-state index contributed by atoms with van der Waals surface area (Å²) in [5.74, 6) is 0.288. The molecule has 3 N–H and O–H groups in total. The molecular weight excluding hydrogens is 488 g/mol. The first-order chi connectivity index (χ1) is 15.3. The number of benzene rings is 1. The smallest absolute Gasteiger partial charge is 0.398 e. The summed E-state index contributed by atoms with van der Waals surface area (Å²) in [7, 11) is 0. The molecule has 5 nitrogen and oxygen atoms in total. The summed E-state index contributed by atoms with van der Waals surface area (Å²) in [6.45, 7) is 4.80. The Bertz CT molecular complexity index is 752. The van der Waals surface area contributed by atoms with Gasteiger partial charge in [0.15, 0.2) is 0 Å². The number of hydrogen-bond donors (Lipinski definition) is 2. The van der Waals surface area contributed by atoms with E-state index in [2.05, 4.69) is 17.1 Å². The standard InChI is InChI=1S/C24H37F3N4O.2ClH/c1-2-3-5-10-22(29-23(32)18-8-6-4-7-9-18)31-15-13-30(14-16-31)19-11-12-21(28)20(17-19)24(25,26)27;;/h11-12,17-18,22H,2-10,13-16,28H2,1H3,(H,29,32);2*1H. The molecular formula is C24H39Cl2F3N4O. The number of nitrogens with zero attached hydrogens (tertiary/aromatic N) is 2. The Labute approximate surface area is 213 Å². The van der Waals surface area contributed by atoms with Gasteiger partial charge in [-0.05, 0) is 37.5 Å². The number of carbonyl (C=O) groups is 1. The summed E-state index contributed by atoms with van der Waals surface area (Å²) in [6, 6.07) is 4.14. The van der Waals surface area contributed by atoms with E-state index in [0.29, 0.717) is 31.9 Å². The van der Waals surface area contributed by atoms with Gasteiger partial charge in [0.1, 0.15) is 0 Å². The summed E-state index contributed by atoms with van der Waals surface area (Å²) in [5.41, 5.74) is 5.06. The van der Waals surface area contributed by atoms with Crippen molar-refractivity contribution >= 4 is 42.1 Å². The quantitative estimate of drug-likeness (QED) is 0.329.